The molecule has 3 rings (SSSR count). The molecule has 1 aliphatic rings. The van der Waals surface area contributed by atoms with Gasteiger partial charge in [-0.3, -0.25) is 4.79 Å². The molecule has 0 bridgehead atoms. The molecule has 0 N–H and O–H groups in total. The number of hydrogen-bond donors (Lipinski definition) is 0. The summed E-state index contributed by atoms with van der Waals surface area (Å²) < 4.78 is 6.32. The van der Waals surface area contributed by atoms with E-state index in [1.165, 1.54) is 19.6 Å². The maximum Gasteiger partial charge on any atom is 0.356 e. The lowest BCUT2D eigenvalue weighted by Crippen LogP contribution is -2.40. The minimum absolute atomic E-state index is 0.0724. The van der Waals surface area contributed by atoms with Crippen molar-refractivity contribution < 1.29 is 14.3 Å². The van der Waals surface area contributed by atoms with Gasteiger partial charge in [-0.15, -0.1) is 0 Å². The van der Waals surface area contributed by atoms with Crippen molar-refractivity contribution in [3.8, 4) is 0 Å². The second-order valence-electron chi connectivity index (χ2n) is 4.97. The van der Waals surface area contributed by atoms with E-state index in [0.29, 0.717) is 6.54 Å². The monoisotopic (exact) mass is 285 g/mol. The van der Waals surface area contributed by atoms with Crippen LogP contribution in [0.4, 0.5) is 0 Å². The Bertz CT molecular complexity index is 708. The van der Waals surface area contributed by atoms with E-state index in [4.69, 9.17) is 4.74 Å². The highest BCUT2D eigenvalue weighted by atomic mass is 16.5. The first kappa shape index (κ1) is 13.4. The van der Waals surface area contributed by atoms with Gasteiger partial charge in [-0.25, -0.2) is 9.78 Å². The second kappa shape index (κ2) is 5.05. The number of nitrogens with zero attached hydrogens (tertiary/aromatic N) is 3. The molecule has 21 heavy (non-hydrogen) atoms. The van der Waals surface area contributed by atoms with Crippen molar-refractivity contribution in [3.63, 3.8) is 0 Å². The molecule has 108 valence electrons. The third kappa shape index (κ3) is 2.08. The highest BCUT2D eigenvalue weighted by Gasteiger charge is 2.34. The quantitative estimate of drug-likeness (QED) is 0.779. The van der Waals surface area contributed by atoms with Crippen LogP contribution in [0.5, 0.6) is 0 Å². The number of fused-ring (bicyclic) bond motifs is 1. The average molecular weight is 285 g/mol. The largest absolute Gasteiger partial charge is 0.464 e. The molecule has 2 aromatic rings. The second-order valence-corrected chi connectivity index (χ2v) is 4.97. The highest BCUT2D eigenvalue weighted by molar-refractivity contribution is 5.90. The number of rotatable bonds is 2. The molecule has 0 fully saturated rings. The van der Waals surface area contributed by atoms with Crippen LogP contribution in [0.15, 0.2) is 36.8 Å². The van der Waals surface area contributed by atoms with Crippen molar-refractivity contribution in [2.45, 2.75) is 12.6 Å². The smallest absolute Gasteiger partial charge is 0.356 e. The lowest BCUT2D eigenvalue weighted by molar-refractivity contribution is -0.133. The Morgan fingerprint density at radius 2 is 2.14 bits per heavy atom. The summed E-state index contributed by atoms with van der Waals surface area (Å²) in [4.78, 5) is 30.0. The Kier molecular flexibility index (Phi) is 3.21. The van der Waals surface area contributed by atoms with Crippen LogP contribution in [0, 0.1) is 0 Å². The van der Waals surface area contributed by atoms with Gasteiger partial charge in [0, 0.05) is 13.6 Å². The first-order valence-corrected chi connectivity index (χ1v) is 6.56. The van der Waals surface area contributed by atoms with Gasteiger partial charge in [0.2, 0.25) is 5.91 Å². The number of carbonyl (C=O) groups excluding carboxylic acids is 2. The van der Waals surface area contributed by atoms with Gasteiger partial charge in [0.05, 0.1) is 19.6 Å². The van der Waals surface area contributed by atoms with Crippen LogP contribution in [-0.4, -0.2) is 40.5 Å². The van der Waals surface area contributed by atoms with Crippen LogP contribution in [-0.2, 0) is 16.1 Å². The third-order valence-corrected chi connectivity index (χ3v) is 3.71. The molecule has 0 spiro atoms. The number of likely N-dealkylation sites (N-methyl/N-ethyl adjacent to an activating group) is 1. The average Bonchev–Trinajstić information content (AvgIpc) is 2.97. The third-order valence-electron chi connectivity index (χ3n) is 3.71. The number of ether oxygens (including phenoxy) is 1. The molecule has 0 aliphatic carbocycles. The fourth-order valence-electron chi connectivity index (χ4n) is 2.66. The maximum absolute atomic E-state index is 12.6. The zero-order valence-corrected chi connectivity index (χ0v) is 11.8. The number of methoxy groups -OCH3 is 1. The zero-order valence-electron chi connectivity index (χ0n) is 11.8. The van der Waals surface area contributed by atoms with Crippen molar-refractivity contribution in [2.75, 3.05) is 14.2 Å². The fourth-order valence-corrected chi connectivity index (χ4v) is 2.66. The van der Waals surface area contributed by atoms with E-state index in [-0.39, 0.29) is 11.6 Å². The van der Waals surface area contributed by atoms with Gasteiger partial charge < -0.3 is 14.2 Å². The summed E-state index contributed by atoms with van der Waals surface area (Å²) in [6.07, 6.45) is 2.90. The van der Waals surface area contributed by atoms with E-state index in [1.807, 2.05) is 24.3 Å². The van der Waals surface area contributed by atoms with Gasteiger partial charge in [-0.2, -0.15) is 0 Å². The van der Waals surface area contributed by atoms with Crippen LogP contribution in [0.25, 0.3) is 0 Å². The lowest BCUT2D eigenvalue weighted by Gasteiger charge is -2.32. The summed E-state index contributed by atoms with van der Waals surface area (Å²) in [6.45, 7) is 0.563. The molecule has 0 saturated carbocycles. The van der Waals surface area contributed by atoms with E-state index in [1.54, 1.807) is 16.5 Å². The predicted molar refractivity (Wildman–Crippen MR) is 74.6 cm³/mol. The first-order chi connectivity index (χ1) is 10.1. The fraction of sp³-hybridized carbons (Fsp3) is 0.267. The van der Waals surface area contributed by atoms with E-state index >= 15 is 0 Å². The number of imidazole rings is 1. The SMILES string of the molecule is COC(=O)c1cncn1C1C(=O)N(C)Cc2ccccc21. The van der Waals surface area contributed by atoms with E-state index in [0.717, 1.165) is 11.1 Å². The minimum Gasteiger partial charge on any atom is -0.464 e. The lowest BCUT2D eigenvalue weighted by atomic mass is 9.94. The molecule has 1 atom stereocenters. The van der Waals surface area contributed by atoms with Crippen molar-refractivity contribution in [2.24, 2.45) is 0 Å². The number of aromatic nitrogens is 2. The Morgan fingerprint density at radius 3 is 2.90 bits per heavy atom. The van der Waals surface area contributed by atoms with Gasteiger partial charge in [0.25, 0.3) is 0 Å². The standard InChI is InChI=1S/C15H15N3O3/c1-17-8-10-5-3-4-6-11(10)13(14(17)19)18-9-16-7-12(18)15(20)21-2/h3-7,9,13H,8H2,1-2H3. The molecule has 6 heteroatoms. The van der Waals surface area contributed by atoms with Gasteiger partial charge in [-0.1, -0.05) is 24.3 Å². The zero-order chi connectivity index (χ0) is 15.0. The van der Waals surface area contributed by atoms with Gasteiger partial charge in [0.15, 0.2) is 0 Å². The summed E-state index contributed by atoms with van der Waals surface area (Å²) in [5.74, 6) is -0.581. The van der Waals surface area contributed by atoms with Gasteiger partial charge >= 0.3 is 5.97 Å². The molecule has 1 amide bonds. The van der Waals surface area contributed by atoms with Gasteiger partial charge in [-0.05, 0) is 11.1 Å². The van der Waals surface area contributed by atoms with Crippen LogP contribution in [0.3, 0.4) is 0 Å². The van der Waals surface area contributed by atoms with Crippen LogP contribution >= 0.6 is 0 Å². The molecular formula is C15H15N3O3. The van der Waals surface area contributed by atoms with Crippen LogP contribution in [0.1, 0.15) is 27.7 Å². The molecule has 1 aromatic carbocycles. The molecule has 0 radical (unpaired) electrons. The highest BCUT2D eigenvalue weighted by Crippen LogP contribution is 2.30. The van der Waals surface area contributed by atoms with Crippen molar-refractivity contribution >= 4 is 11.9 Å². The van der Waals surface area contributed by atoms with Crippen LogP contribution in [0.2, 0.25) is 0 Å². The van der Waals surface area contributed by atoms with Crippen molar-refractivity contribution in [3.05, 3.63) is 53.6 Å². The number of esters is 1. The summed E-state index contributed by atoms with van der Waals surface area (Å²) >= 11 is 0. The van der Waals surface area contributed by atoms with Crippen LogP contribution < -0.4 is 0 Å². The summed E-state index contributed by atoms with van der Waals surface area (Å²) in [5, 5.41) is 0. The number of benzene rings is 1. The number of amides is 1. The Labute approximate surface area is 122 Å². The Morgan fingerprint density at radius 1 is 1.38 bits per heavy atom. The first-order valence-electron chi connectivity index (χ1n) is 6.56. The molecule has 6 nitrogen and oxygen atoms in total. The predicted octanol–water partition coefficient (Wildman–Crippen LogP) is 1.23. The topological polar surface area (TPSA) is 64.4 Å². The van der Waals surface area contributed by atoms with Crippen molar-refractivity contribution in [1.82, 2.24) is 14.5 Å². The summed E-state index contributed by atoms with van der Waals surface area (Å²) in [5.41, 5.74) is 2.22. The molecule has 1 unspecified atom stereocenters. The van der Waals surface area contributed by atoms with Crippen molar-refractivity contribution in [1.29, 1.82) is 0 Å². The van der Waals surface area contributed by atoms with E-state index < -0.39 is 12.0 Å². The van der Waals surface area contributed by atoms with E-state index in [2.05, 4.69) is 4.98 Å². The maximum atomic E-state index is 12.6. The summed E-state index contributed by atoms with van der Waals surface area (Å²) in [7, 11) is 3.06. The molecule has 0 saturated heterocycles. The van der Waals surface area contributed by atoms with Gasteiger partial charge in [0.1, 0.15) is 11.7 Å². The summed E-state index contributed by atoms with van der Waals surface area (Å²) in [6, 6.07) is 7.14. The number of hydrogen-bond acceptors (Lipinski definition) is 4. The Hall–Kier alpha value is -2.63. The Balaban J connectivity index is 2.15. The molecular weight excluding hydrogens is 270 g/mol. The normalized spacial score (nSPS) is 17.5. The molecule has 1 aromatic heterocycles. The number of carbonyl (C=O) groups is 2. The minimum atomic E-state index is -0.587. The molecule has 1 aliphatic heterocycles. The molecule has 2 heterocycles. The van der Waals surface area contributed by atoms with E-state index in [9.17, 15) is 9.59 Å².